The second kappa shape index (κ2) is 7.42. The van der Waals surface area contributed by atoms with Crippen LogP contribution in [-0.4, -0.2) is 17.4 Å². The summed E-state index contributed by atoms with van der Waals surface area (Å²) < 4.78 is 0. The zero-order valence-electron chi connectivity index (χ0n) is 13.5. The zero-order valence-corrected chi connectivity index (χ0v) is 13.5. The van der Waals surface area contributed by atoms with E-state index < -0.39 is 0 Å². The van der Waals surface area contributed by atoms with Crippen molar-refractivity contribution in [3.05, 3.63) is 84.6 Å². The normalized spacial score (nSPS) is 10.2. The molecule has 3 aromatic rings. The Kier molecular flexibility index (Phi) is 4.87. The highest BCUT2D eigenvalue weighted by Gasteiger charge is 2.09. The fraction of sp³-hybridized carbons (Fsp3) is 0.100. The number of hydrogen-bond acceptors (Lipinski definition) is 3. The van der Waals surface area contributed by atoms with Crippen molar-refractivity contribution in [2.24, 2.45) is 0 Å². The topological polar surface area (TPSA) is 45.2 Å². The summed E-state index contributed by atoms with van der Waals surface area (Å²) in [6, 6.07) is 23.0. The number of rotatable bonds is 5. The van der Waals surface area contributed by atoms with Gasteiger partial charge in [0, 0.05) is 17.8 Å². The van der Waals surface area contributed by atoms with E-state index >= 15 is 0 Å². The van der Waals surface area contributed by atoms with Gasteiger partial charge in [-0.3, -0.25) is 4.79 Å². The molecule has 24 heavy (non-hydrogen) atoms. The minimum absolute atomic E-state index is 0.161. The number of hydrogen-bond donors (Lipinski definition) is 1. The fourth-order valence-electron chi connectivity index (χ4n) is 2.52. The summed E-state index contributed by atoms with van der Waals surface area (Å²) in [7, 11) is 0. The Morgan fingerprint density at radius 2 is 1.58 bits per heavy atom. The number of anilines is 3. The number of aromatic nitrogens is 1. The second-order valence-corrected chi connectivity index (χ2v) is 5.30. The maximum atomic E-state index is 12.1. The molecule has 4 nitrogen and oxygen atoms in total. The molecule has 1 heterocycles. The Morgan fingerprint density at radius 1 is 0.917 bits per heavy atom. The van der Waals surface area contributed by atoms with Crippen molar-refractivity contribution < 1.29 is 4.79 Å². The van der Waals surface area contributed by atoms with E-state index in [-0.39, 0.29) is 5.91 Å². The summed E-state index contributed by atoms with van der Waals surface area (Å²) in [5, 5.41) is 2.81. The molecule has 0 atom stereocenters. The van der Waals surface area contributed by atoms with Crippen LogP contribution in [0.1, 0.15) is 17.3 Å². The van der Waals surface area contributed by atoms with Crippen LogP contribution >= 0.6 is 0 Å². The molecule has 1 amide bonds. The van der Waals surface area contributed by atoms with Crippen LogP contribution < -0.4 is 10.2 Å². The number of pyridine rings is 1. The van der Waals surface area contributed by atoms with Gasteiger partial charge < -0.3 is 10.2 Å². The highest BCUT2D eigenvalue weighted by atomic mass is 16.1. The average molecular weight is 317 g/mol. The first-order valence-electron chi connectivity index (χ1n) is 7.93. The van der Waals surface area contributed by atoms with Crippen molar-refractivity contribution in [1.29, 1.82) is 0 Å². The van der Waals surface area contributed by atoms with E-state index in [0.29, 0.717) is 11.4 Å². The maximum absolute atomic E-state index is 12.1. The van der Waals surface area contributed by atoms with Gasteiger partial charge in [-0.2, -0.15) is 0 Å². The van der Waals surface area contributed by atoms with Crippen LogP contribution in [0, 0.1) is 0 Å². The van der Waals surface area contributed by atoms with Gasteiger partial charge in [0.2, 0.25) is 0 Å². The molecule has 0 aliphatic heterocycles. The van der Waals surface area contributed by atoms with E-state index in [0.717, 1.165) is 17.9 Å². The lowest BCUT2D eigenvalue weighted by Crippen LogP contribution is -2.17. The molecule has 4 heteroatoms. The quantitative estimate of drug-likeness (QED) is 0.754. The van der Waals surface area contributed by atoms with Crippen LogP contribution in [0.2, 0.25) is 0 Å². The predicted octanol–water partition coefficient (Wildman–Crippen LogP) is 4.49. The van der Waals surface area contributed by atoms with Crippen LogP contribution in [0.3, 0.4) is 0 Å². The Bertz CT molecular complexity index is 786. The van der Waals surface area contributed by atoms with Crippen molar-refractivity contribution in [2.45, 2.75) is 6.92 Å². The van der Waals surface area contributed by atoms with Crippen molar-refractivity contribution in [3.8, 4) is 0 Å². The highest BCUT2D eigenvalue weighted by molar-refractivity contribution is 6.03. The van der Waals surface area contributed by atoms with Crippen LogP contribution in [0.25, 0.3) is 0 Å². The lowest BCUT2D eigenvalue weighted by molar-refractivity contribution is 0.102. The van der Waals surface area contributed by atoms with Gasteiger partial charge in [0.05, 0.1) is 11.9 Å². The molecule has 0 bridgehead atoms. The zero-order chi connectivity index (χ0) is 16.8. The third-order valence-electron chi connectivity index (χ3n) is 3.72. The lowest BCUT2D eigenvalue weighted by Gasteiger charge is -2.23. The Labute approximate surface area is 141 Å². The largest absolute Gasteiger partial charge is 0.341 e. The van der Waals surface area contributed by atoms with Gasteiger partial charge in [0.1, 0.15) is 5.82 Å². The van der Waals surface area contributed by atoms with E-state index in [1.165, 1.54) is 0 Å². The van der Waals surface area contributed by atoms with Gasteiger partial charge in [-0.05, 0) is 43.3 Å². The minimum Gasteiger partial charge on any atom is -0.341 e. The van der Waals surface area contributed by atoms with Crippen molar-refractivity contribution >= 4 is 23.1 Å². The number of carbonyl (C=O) groups excluding carboxylic acids is 1. The van der Waals surface area contributed by atoms with Gasteiger partial charge in [0.25, 0.3) is 5.91 Å². The Morgan fingerprint density at radius 3 is 2.17 bits per heavy atom. The molecule has 0 spiro atoms. The molecule has 0 aliphatic carbocycles. The molecule has 0 saturated carbocycles. The van der Waals surface area contributed by atoms with E-state index in [4.69, 9.17) is 0 Å². The van der Waals surface area contributed by atoms with Crippen LogP contribution in [-0.2, 0) is 0 Å². The summed E-state index contributed by atoms with van der Waals surface area (Å²) in [4.78, 5) is 18.7. The molecule has 120 valence electrons. The number of nitrogens with one attached hydrogen (secondary N) is 1. The number of benzene rings is 2. The summed E-state index contributed by atoms with van der Waals surface area (Å²) in [6.07, 6.45) is 1.77. The second-order valence-electron chi connectivity index (χ2n) is 5.30. The molecule has 0 radical (unpaired) electrons. The molecule has 1 aromatic heterocycles. The molecule has 0 saturated heterocycles. The first-order valence-corrected chi connectivity index (χ1v) is 7.93. The van der Waals surface area contributed by atoms with Gasteiger partial charge in [-0.15, -0.1) is 0 Å². The standard InChI is InChI=1S/C20H19N3O/c1-2-23(17-11-7-4-8-12-17)18-13-14-19(21-15-18)22-20(24)16-9-5-3-6-10-16/h3-15H,2H2,1H3,(H,21,22,24). The van der Waals surface area contributed by atoms with Gasteiger partial charge in [-0.25, -0.2) is 4.98 Å². The van der Waals surface area contributed by atoms with Crippen LogP contribution in [0.4, 0.5) is 17.2 Å². The first kappa shape index (κ1) is 15.7. The maximum Gasteiger partial charge on any atom is 0.256 e. The molecule has 1 N–H and O–H groups in total. The average Bonchev–Trinajstić information content (AvgIpc) is 2.65. The molecular formula is C20H19N3O. The van der Waals surface area contributed by atoms with E-state index in [1.54, 1.807) is 18.3 Å². The van der Waals surface area contributed by atoms with E-state index in [2.05, 4.69) is 34.3 Å². The smallest absolute Gasteiger partial charge is 0.256 e. The molecule has 3 rings (SSSR count). The third-order valence-corrected chi connectivity index (χ3v) is 3.72. The molecule has 0 aliphatic rings. The number of para-hydroxylation sites is 1. The summed E-state index contributed by atoms with van der Waals surface area (Å²) in [5.41, 5.74) is 2.71. The van der Waals surface area contributed by atoms with Gasteiger partial charge >= 0.3 is 0 Å². The van der Waals surface area contributed by atoms with Gasteiger partial charge in [-0.1, -0.05) is 36.4 Å². The lowest BCUT2D eigenvalue weighted by atomic mass is 10.2. The van der Waals surface area contributed by atoms with Crippen molar-refractivity contribution in [1.82, 2.24) is 4.98 Å². The molecule has 0 fully saturated rings. The van der Waals surface area contributed by atoms with E-state index in [1.807, 2.05) is 48.5 Å². The summed E-state index contributed by atoms with van der Waals surface area (Å²) >= 11 is 0. The number of amides is 1. The molecule has 2 aromatic carbocycles. The van der Waals surface area contributed by atoms with Crippen LogP contribution in [0.15, 0.2) is 79.0 Å². The fourth-order valence-corrected chi connectivity index (χ4v) is 2.52. The predicted molar refractivity (Wildman–Crippen MR) is 97.8 cm³/mol. The molecule has 0 unspecified atom stereocenters. The monoisotopic (exact) mass is 317 g/mol. The van der Waals surface area contributed by atoms with Crippen LogP contribution in [0.5, 0.6) is 0 Å². The summed E-state index contributed by atoms with van der Waals surface area (Å²) in [6.45, 7) is 2.93. The SMILES string of the molecule is CCN(c1ccccc1)c1ccc(NC(=O)c2ccccc2)nc1. The van der Waals surface area contributed by atoms with Gasteiger partial charge in [0.15, 0.2) is 0 Å². The molecular weight excluding hydrogens is 298 g/mol. The Balaban J connectivity index is 1.74. The Hall–Kier alpha value is -3.14. The minimum atomic E-state index is -0.161. The summed E-state index contributed by atoms with van der Waals surface area (Å²) in [5.74, 6) is 0.378. The van der Waals surface area contributed by atoms with Crippen molar-refractivity contribution in [2.75, 3.05) is 16.8 Å². The van der Waals surface area contributed by atoms with E-state index in [9.17, 15) is 4.79 Å². The first-order chi connectivity index (χ1) is 11.8. The number of carbonyl (C=O) groups is 1. The van der Waals surface area contributed by atoms with Crippen molar-refractivity contribution in [3.63, 3.8) is 0 Å². The highest BCUT2D eigenvalue weighted by Crippen LogP contribution is 2.24. The third kappa shape index (κ3) is 3.60. The number of nitrogens with zero attached hydrogens (tertiary/aromatic N) is 2.